The van der Waals surface area contributed by atoms with E-state index in [1.807, 2.05) is 0 Å². The first-order valence-corrected chi connectivity index (χ1v) is 13.3. The van der Waals surface area contributed by atoms with Gasteiger partial charge in [0.05, 0.1) is 0 Å². The molecule has 0 aromatic rings. The van der Waals surface area contributed by atoms with E-state index in [9.17, 15) is 0 Å². The Kier molecular flexibility index (Phi) is 24.0. The first-order valence-electron chi connectivity index (χ1n) is 13.3. The standard InChI is InChI=1S/C27H56/c1-4-7-9-11-13-14-15-16-17-18-20-22-24-26-27(6-3)25-23-21-19-12-10-8-5-2/h27H,4-26H2,1-3H3. The fourth-order valence-electron chi connectivity index (χ4n) is 4.39. The van der Waals surface area contributed by atoms with Crippen LogP contribution in [0.15, 0.2) is 0 Å². The van der Waals surface area contributed by atoms with Gasteiger partial charge in [0, 0.05) is 0 Å². The Morgan fingerprint density at radius 2 is 0.593 bits per heavy atom. The van der Waals surface area contributed by atoms with Crippen LogP contribution in [0.25, 0.3) is 0 Å². The summed E-state index contributed by atoms with van der Waals surface area (Å²) in [5.41, 5.74) is 0. The maximum absolute atomic E-state index is 2.41. The highest BCUT2D eigenvalue weighted by Gasteiger charge is 2.05. The summed E-state index contributed by atoms with van der Waals surface area (Å²) < 4.78 is 0. The minimum absolute atomic E-state index is 1.02. The monoisotopic (exact) mass is 380 g/mol. The van der Waals surface area contributed by atoms with E-state index in [4.69, 9.17) is 0 Å². The maximum atomic E-state index is 2.41. The zero-order valence-corrected chi connectivity index (χ0v) is 19.8. The minimum Gasteiger partial charge on any atom is -0.0654 e. The zero-order chi connectivity index (χ0) is 19.8. The van der Waals surface area contributed by atoms with Gasteiger partial charge in [-0.25, -0.2) is 0 Å². The van der Waals surface area contributed by atoms with Crippen LogP contribution in [0.5, 0.6) is 0 Å². The van der Waals surface area contributed by atoms with E-state index in [-0.39, 0.29) is 0 Å². The lowest BCUT2D eigenvalue weighted by Gasteiger charge is -2.14. The van der Waals surface area contributed by atoms with E-state index in [0.29, 0.717) is 0 Å². The van der Waals surface area contributed by atoms with Crippen molar-refractivity contribution in [2.75, 3.05) is 0 Å². The lowest BCUT2D eigenvalue weighted by molar-refractivity contribution is 0.392. The normalized spacial score (nSPS) is 12.6. The third-order valence-electron chi connectivity index (χ3n) is 6.51. The molecular formula is C27H56. The van der Waals surface area contributed by atoms with Crippen LogP contribution in [0.2, 0.25) is 0 Å². The van der Waals surface area contributed by atoms with E-state index in [0.717, 1.165) is 5.92 Å². The maximum Gasteiger partial charge on any atom is -0.0417 e. The average molecular weight is 381 g/mol. The van der Waals surface area contributed by atoms with E-state index in [1.54, 1.807) is 0 Å². The molecule has 0 saturated heterocycles. The highest BCUT2D eigenvalue weighted by atomic mass is 14.1. The Balaban J connectivity index is 3.25. The molecule has 0 radical (unpaired) electrons. The van der Waals surface area contributed by atoms with Crippen molar-refractivity contribution in [2.45, 2.75) is 168 Å². The Bertz CT molecular complexity index is 244. The summed E-state index contributed by atoms with van der Waals surface area (Å²) in [7, 11) is 0. The van der Waals surface area contributed by atoms with Gasteiger partial charge in [-0.05, 0) is 5.92 Å². The molecule has 0 aliphatic heterocycles. The summed E-state index contributed by atoms with van der Waals surface area (Å²) in [5, 5.41) is 0. The van der Waals surface area contributed by atoms with Crippen LogP contribution in [0.3, 0.4) is 0 Å². The second kappa shape index (κ2) is 24.0. The van der Waals surface area contributed by atoms with Gasteiger partial charge >= 0.3 is 0 Å². The summed E-state index contributed by atoms with van der Waals surface area (Å²) >= 11 is 0. The molecule has 0 bridgehead atoms. The molecule has 0 spiro atoms. The van der Waals surface area contributed by atoms with Crippen molar-refractivity contribution in [3.8, 4) is 0 Å². The van der Waals surface area contributed by atoms with Crippen LogP contribution >= 0.6 is 0 Å². The Morgan fingerprint density at radius 3 is 0.852 bits per heavy atom. The van der Waals surface area contributed by atoms with Crippen molar-refractivity contribution in [3.63, 3.8) is 0 Å². The summed E-state index contributed by atoms with van der Waals surface area (Å²) in [6.07, 6.45) is 33.8. The summed E-state index contributed by atoms with van der Waals surface area (Å²) in [6.45, 7) is 7.02. The molecule has 0 aromatic carbocycles. The smallest absolute Gasteiger partial charge is 0.0417 e. The molecule has 0 aliphatic rings. The van der Waals surface area contributed by atoms with E-state index < -0.39 is 0 Å². The third kappa shape index (κ3) is 22.2. The van der Waals surface area contributed by atoms with Crippen LogP contribution in [0.4, 0.5) is 0 Å². The first-order chi connectivity index (χ1) is 13.3. The van der Waals surface area contributed by atoms with Crippen LogP contribution in [0.1, 0.15) is 168 Å². The van der Waals surface area contributed by atoms with Crippen molar-refractivity contribution in [3.05, 3.63) is 0 Å². The number of unbranched alkanes of at least 4 members (excludes halogenated alkanes) is 18. The fourth-order valence-corrected chi connectivity index (χ4v) is 4.39. The van der Waals surface area contributed by atoms with E-state index in [2.05, 4.69) is 20.8 Å². The largest absolute Gasteiger partial charge is 0.0654 e. The summed E-state index contributed by atoms with van der Waals surface area (Å²) in [4.78, 5) is 0. The van der Waals surface area contributed by atoms with E-state index >= 15 is 0 Å². The molecule has 164 valence electrons. The fraction of sp³-hybridized carbons (Fsp3) is 1.00. The topological polar surface area (TPSA) is 0 Å². The Morgan fingerprint density at radius 1 is 0.333 bits per heavy atom. The van der Waals surface area contributed by atoms with Crippen LogP contribution in [-0.2, 0) is 0 Å². The van der Waals surface area contributed by atoms with E-state index in [1.165, 1.54) is 148 Å². The molecule has 1 atom stereocenters. The molecule has 0 fully saturated rings. The van der Waals surface area contributed by atoms with Crippen molar-refractivity contribution in [2.24, 2.45) is 5.92 Å². The van der Waals surface area contributed by atoms with Gasteiger partial charge in [-0.2, -0.15) is 0 Å². The number of rotatable bonds is 23. The molecule has 0 heterocycles. The predicted octanol–water partition coefficient (Wildman–Crippen LogP) is 10.6. The molecular weight excluding hydrogens is 324 g/mol. The average Bonchev–Trinajstić information content (AvgIpc) is 2.69. The molecule has 0 aromatic heterocycles. The molecule has 0 heteroatoms. The highest BCUT2D eigenvalue weighted by Crippen LogP contribution is 2.22. The second-order valence-electron chi connectivity index (χ2n) is 9.22. The molecule has 27 heavy (non-hydrogen) atoms. The predicted molar refractivity (Wildman–Crippen MR) is 127 cm³/mol. The van der Waals surface area contributed by atoms with Gasteiger partial charge < -0.3 is 0 Å². The lowest BCUT2D eigenvalue weighted by Crippen LogP contribution is -1.99. The molecule has 0 amide bonds. The third-order valence-corrected chi connectivity index (χ3v) is 6.51. The Labute approximate surface area is 174 Å². The van der Waals surface area contributed by atoms with Gasteiger partial charge in [-0.1, -0.05) is 168 Å². The summed E-state index contributed by atoms with van der Waals surface area (Å²) in [6, 6.07) is 0. The van der Waals surface area contributed by atoms with Crippen molar-refractivity contribution >= 4 is 0 Å². The van der Waals surface area contributed by atoms with Gasteiger partial charge in [0.1, 0.15) is 0 Å². The minimum atomic E-state index is 1.02. The van der Waals surface area contributed by atoms with Crippen LogP contribution in [-0.4, -0.2) is 0 Å². The molecule has 0 aliphatic carbocycles. The van der Waals surface area contributed by atoms with Crippen molar-refractivity contribution in [1.82, 2.24) is 0 Å². The Hall–Kier alpha value is 0. The SMILES string of the molecule is CCCCCCCCCCCCCCCC(CC)CCCCCCCCC. The number of hydrogen-bond donors (Lipinski definition) is 0. The molecule has 0 nitrogen and oxygen atoms in total. The van der Waals surface area contributed by atoms with Crippen molar-refractivity contribution < 1.29 is 0 Å². The van der Waals surface area contributed by atoms with Crippen LogP contribution in [0, 0.1) is 5.92 Å². The summed E-state index contributed by atoms with van der Waals surface area (Å²) in [5.74, 6) is 1.02. The van der Waals surface area contributed by atoms with Gasteiger partial charge in [-0.3, -0.25) is 0 Å². The molecule has 0 saturated carbocycles. The van der Waals surface area contributed by atoms with Gasteiger partial charge in [0.15, 0.2) is 0 Å². The quantitative estimate of drug-likeness (QED) is 0.155. The second-order valence-corrected chi connectivity index (χ2v) is 9.22. The van der Waals surface area contributed by atoms with Gasteiger partial charge in [0.25, 0.3) is 0 Å². The zero-order valence-electron chi connectivity index (χ0n) is 19.8. The number of hydrogen-bond acceptors (Lipinski definition) is 0. The molecule has 1 unspecified atom stereocenters. The highest BCUT2D eigenvalue weighted by molar-refractivity contribution is 4.59. The van der Waals surface area contributed by atoms with Crippen LogP contribution < -0.4 is 0 Å². The van der Waals surface area contributed by atoms with Crippen molar-refractivity contribution in [1.29, 1.82) is 0 Å². The first kappa shape index (κ1) is 27.0. The van der Waals surface area contributed by atoms with Gasteiger partial charge in [-0.15, -0.1) is 0 Å². The molecule has 0 N–H and O–H groups in total. The molecule has 0 rings (SSSR count). The van der Waals surface area contributed by atoms with Gasteiger partial charge in [0.2, 0.25) is 0 Å². The lowest BCUT2D eigenvalue weighted by atomic mass is 9.92.